The number of carbonyl (C=O) groups excluding carboxylic acids is 2. The number of halogens is 1. The van der Waals surface area contributed by atoms with Gasteiger partial charge in [-0.2, -0.15) is 0 Å². The van der Waals surface area contributed by atoms with E-state index in [1.54, 1.807) is 12.1 Å². The second-order valence-corrected chi connectivity index (χ2v) is 7.37. The molecule has 1 saturated heterocycles. The predicted octanol–water partition coefficient (Wildman–Crippen LogP) is 3.39. The van der Waals surface area contributed by atoms with Crippen molar-refractivity contribution in [1.82, 2.24) is 0 Å². The van der Waals surface area contributed by atoms with Gasteiger partial charge in [-0.25, -0.2) is 4.79 Å². The maximum absolute atomic E-state index is 12.6. The zero-order chi connectivity index (χ0) is 17.8. The van der Waals surface area contributed by atoms with Crippen molar-refractivity contribution in [3.8, 4) is 0 Å². The van der Waals surface area contributed by atoms with Gasteiger partial charge in [-0.15, -0.1) is 11.3 Å². The van der Waals surface area contributed by atoms with Gasteiger partial charge in [-0.3, -0.25) is 4.79 Å². The fraction of sp³-hybridized carbons (Fsp3) is 0.294. The Morgan fingerprint density at radius 1 is 1.20 bits per heavy atom. The smallest absolute Gasteiger partial charge is 0.348 e. The summed E-state index contributed by atoms with van der Waals surface area (Å²) in [6.07, 6.45) is 0. The number of methoxy groups -OCH3 is 1. The van der Waals surface area contributed by atoms with Crippen LogP contribution in [0.15, 0.2) is 34.8 Å². The Bertz CT molecular complexity index is 787. The van der Waals surface area contributed by atoms with Gasteiger partial charge in [0.25, 0.3) is 5.91 Å². The molecule has 132 valence electrons. The number of rotatable bonds is 4. The summed E-state index contributed by atoms with van der Waals surface area (Å²) in [5.74, 6) is -0.701. The molecule has 2 heterocycles. The quantitative estimate of drug-likeness (QED) is 0.761. The number of amides is 1. The summed E-state index contributed by atoms with van der Waals surface area (Å²) in [6.45, 7) is 2.87. The largest absolute Gasteiger partial charge is 0.465 e. The van der Waals surface area contributed by atoms with Crippen LogP contribution in [0.4, 0.5) is 11.4 Å². The lowest BCUT2D eigenvalue weighted by molar-refractivity contribution is 0.0606. The van der Waals surface area contributed by atoms with Gasteiger partial charge in [0.15, 0.2) is 0 Å². The monoisotopic (exact) mass is 424 g/mol. The van der Waals surface area contributed by atoms with E-state index < -0.39 is 5.97 Å². The molecular weight excluding hydrogens is 408 g/mol. The van der Waals surface area contributed by atoms with Crippen LogP contribution in [0.3, 0.4) is 0 Å². The lowest BCUT2D eigenvalue weighted by atomic mass is 10.2. The highest BCUT2D eigenvalue weighted by Gasteiger charge is 2.19. The molecule has 0 radical (unpaired) electrons. The van der Waals surface area contributed by atoms with E-state index in [4.69, 9.17) is 4.74 Å². The number of carbonyl (C=O) groups is 2. The third-order valence-corrected chi connectivity index (χ3v) is 5.33. The minimum Gasteiger partial charge on any atom is -0.465 e. The third kappa shape index (κ3) is 4.20. The van der Waals surface area contributed by atoms with Crippen LogP contribution in [-0.2, 0) is 9.47 Å². The van der Waals surface area contributed by atoms with Gasteiger partial charge in [-0.05, 0) is 30.3 Å². The maximum atomic E-state index is 12.6. The summed E-state index contributed by atoms with van der Waals surface area (Å²) in [6, 6.07) is 9.01. The first kappa shape index (κ1) is 17.9. The molecular formula is C17H17BrN2O4S. The van der Waals surface area contributed by atoms with Crippen molar-refractivity contribution in [2.75, 3.05) is 43.6 Å². The topological polar surface area (TPSA) is 67.9 Å². The number of morpholine rings is 1. The van der Waals surface area contributed by atoms with Crippen LogP contribution in [0.2, 0.25) is 0 Å². The zero-order valence-electron chi connectivity index (χ0n) is 13.6. The second kappa shape index (κ2) is 7.99. The average molecular weight is 425 g/mol. The van der Waals surface area contributed by atoms with Crippen LogP contribution in [0.5, 0.6) is 0 Å². The Morgan fingerprint density at radius 3 is 2.64 bits per heavy atom. The molecule has 0 atom stereocenters. The number of benzene rings is 1. The van der Waals surface area contributed by atoms with Crippen molar-refractivity contribution in [3.05, 3.63) is 44.6 Å². The molecule has 0 bridgehead atoms. The minimum absolute atomic E-state index is 0.257. The standard InChI is InChI=1S/C17H17BrN2O4S/c1-23-17(22)15-5-4-14(25-15)16(21)19-12-10-11(18)2-3-13(12)20-6-8-24-9-7-20/h2-5,10H,6-9H2,1H3,(H,19,21). The summed E-state index contributed by atoms with van der Waals surface area (Å²) >= 11 is 4.55. The van der Waals surface area contributed by atoms with Gasteiger partial charge in [0, 0.05) is 17.6 Å². The first-order chi connectivity index (χ1) is 12.1. The molecule has 1 amide bonds. The Morgan fingerprint density at radius 2 is 1.92 bits per heavy atom. The van der Waals surface area contributed by atoms with Crippen LogP contribution in [0, 0.1) is 0 Å². The molecule has 1 aliphatic heterocycles. The number of nitrogens with zero attached hydrogens (tertiary/aromatic N) is 1. The molecule has 8 heteroatoms. The summed E-state index contributed by atoms with van der Waals surface area (Å²) in [4.78, 5) is 27.1. The fourth-order valence-electron chi connectivity index (χ4n) is 2.54. The number of ether oxygens (including phenoxy) is 2. The van der Waals surface area contributed by atoms with Crippen molar-refractivity contribution in [2.24, 2.45) is 0 Å². The Labute approximate surface area is 157 Å². The van der Waals surface area contributed by atoms with Gasteiger partial charge >= 0.3 is 5.97 Å². The van der Waals surface area contributed by atoms with E-state index >= 15 is 0 Å². The van der Waals surface area contributed by atoms with Crippen LogP contribution in [0.25, 0.3) is 0 Å². The number of esters is 1. The second-order valence-electron chi connectivity index (χ2n) is 5.37. The summed E-state index contributed by atoms with van der Waals surface area (Å²) in [5.41, 5.74) is 1.67. The highest BCUT2D eigenvalue weighted by molar-refractivity contribution is 9.10. The summed E-state index contributed by atoms with van der Waals surface area (Å²) in [5, 5.41) is 2.94. The van der Waals surface area contributed by atoms with Crippen LogP contribution >= 0.6 is 27.3 Å². The first-order valence-electron chi connectivity index (χ1n) is 7.70. The van der Waals surface area contributed by atoms with Gasteiger partial charge in [0.2, 0.25) is 0 Å². The molecule has 2 aromatic rings. The zero-order valence-corrected chi connectivity index (χ0v) is 16.0. The van der Waals surface area contributed by atoms with Gasteiger partial charge in [0.1, 0.15) is 4.88 Å². The highest BCUT2D eigenvalue weighted by atomic mass is 79.9. The molecule has 1 N–H and O–H groups in total. The third-order valence-electron chi connectivity index (χ3n) is 3.77. The normalized spacial score (nSPS) is 14.2. The van der Waals surface area contributed by atoms with Crippen LogP contribution < -0.4 is 10.2 Å². The van der Waals surface area contributed by atoms with E-state index in [2.05, 4.69) is 30.9 Å². The number of hydrogen-bond donors (Lipinski definition) is 1. The molecule has 3 rings (SSSR count). The first-order valence-corrected chi connectivity index (χ1v) is 9.31. The molecule has 1 aromatic heterocycles. The molecule has 1 aliphatic rings. The van der Waals surface area contributed by atoms with E-state index in [0.717, 1.165) is 34.6 Å². The van der Waals surface area contributed by atoms with Crippen molar-refractivity contribution in [1.29, 1.82) is 0 Å². The van der Waals surface area contributed by atoms with Crippen molar-refractivity contribution in [2.45, 2.75) is 0 Å². The number of anilines is 2. The molecule has 0 unspecified atom stereocenters. The van der Waals surface area contributed by atoms with Gasteiger partial charge in [0.05, 0.1) is 36.6 Å². The summed E-state index contributed by atoms with van der Waals surface area (Å²) < 4.78 is 10.9. The lowest BCUT2D eigenvalue weighted by Gasteiger charge is -2.30. The molecule has 1 aromatic carbocycles. The average Bonchev–Trinajstić information content (AvgIpc) is 3.12. The Balaban J connectivity index is 1.81. The molecule has 25 heavy (non-hydrogen) atoms. The fourth-order valence-corrected chi connectivity index (χ4v) is 3.72. The molecule has 1 fully saturated rings. The van der Waals surface area contributed by atoms with E-state index in [0.29, 0.717) is 28.7 Å². The SMILES string of the molecule is COC(=O)c1ccc(C(=O)Nc2cc(Br)ccc2N2CCOCC2)s1. The van der Waals surface area contributed by atoms with Crippen molar-refractivity contribution >= 4 is 50.5 Å². The minimum atomic E-state index is -0.444. The lowest BCUT2D eigenvalue weighted by Crippen LogP contribution is -2.36. The van der Waals surface area contributed by atoms with E-state index in [1.165, 1.54) is 7.11 Å². The van der Waals surface area contributed by atoms with E-state index in [-0.39, 0.29) is 5.91 Å². The molecule has 0 aliphatic carbocycles. The van der Waals surface area contributed by atoms with Crippen molar-refractivity contribution in [3.63, 3.8) is 0 Å². The van der Waals surface area contributed by atoms with Crippen LogP contribution in [-0.4, -0.2) is 45.3 Å². The molecule has 6 nitrogen and oxygen atoms in total. The van der Waals surface area contributed by atoms with E-state index in [9.17, 15) is 9.59 Å². The van der Waals surface area contributed by atoms with Crippen molar-refractivity contribution < 1.29 is 19.1 Å². The molecule has 0 spiro atoms. The van der Waals surface area contributed by atoms with Gasteiger partial charge in [-0.1, -0.05) is 15.9 Å². The Hall–Kier alpha value is -1.90. The number of nitrogens with one attached hydrogen (secondary N) is 1. The summed E-state index contributed by atoms with van der Waals surface area (Å²) in [7, 11) is 1.32. The number of thiophene rings is 1. The maximum Gasteiger partial charge on any atom is 0.348 e. The Kier molecular flexibility index (Phi) is 5.72. The van der Waals surface area contributed by atoms with Crippen LogP contribution in [0.1, 0.15) is 19.3 Å². The highest BCUT2D eigenvalue weighted by Crippen LogP contribution is 2.31. The number of hydrogen-bond acceptors (Lipinski definition) is 6. The van der Waals surface area contributed by atoms with Gasteiger partial charge < -0.3 is 19.7 Å². The predicted molar refractivity (Wildman–Crippen MR) is 101 cm³/mol. The van der Waals surface area contributed by atoms with E-state index in [1.807, 2.05) is 18.2 Å². The molecule has 0 saturated carbocycles.